The third-order valence-corrected chi connectivity index (χ3v) is 2.48. The van der Waals surface area contributed by atoms with Crippen molar-refractivity contribution >= 4 is 12.1 Å². The molecule has 0 aliphatic rings. The lowest BCUT2D eigenvalue weighted by Crippen LogP contribution is -2.44. The van der Waals surface area contributed by atoms with Gasteiger partial charge in [0.2, 0.25) is 0 Å². The van der Waals surface area contributed by atoms with Crippen molar-refractivity contribution in [3.05, 3.63) is 10.4 Å². The van der Waals surface area contributed by atoms with Crippen LogP contribution in [0.4, 0.5) is 4.79 Å². The van der Waals surface area contributed by atoms with E-state index in [9.17, 15) is 9.59 Å². The first-order valence-electron chi connectivity index (χ1n) is 6.38. The van der Waals surface area contributed by atoms with Crippen LogP contribution in [-0.4, -0.2) is 47.3 Å². The number of nitrogens with zero attached hydrogens (tertiary/aromatic N) is 4. The molecule has 0 rings (SSSR count). The second-order valence-corrected chi connectivity index (χ2v) is 5.40. The van der Waals surface area contributed by atoms with Crippen molar-refractivity contribution in [2.45, 2.75) is 51.7 Å². The highest BCUT2D eigenvalue weighted by Crippen LogP contribution is 2.14. The van der Waals surface area contributed by atoms with Gasteiger partial charge in [-0.1, -0.05) is 11.5 Å². The maximum absolute atomic E-state index is 11.8. The van der Waals surface area contributed by atoms with Gasteiger partial charge in [-0.15, -0.1) is 0 Å². The highest BCUT2D eigenvalue weighted by molar-refractivity contribution is 5.79. The summed E-state index contributed by atoms with van der Waals surface area (Å²) in [5, 5.41) is 12.5. The Hall–Kier alpha value is -1.95. The van der Waals surface area contributed by atoms with Crippen LogP contribution < -0.4 is 0 Å². The molecule has 1 atom stereocenters. The number of carbonyl (C=O) groups is 2. The zero-order chi connectivity index (χ0) is 15.8. The van der Waals surface area contributed by atoms with Gasteiger partial charge in [0.25, 0.3) is 0 Å². The molecule has 1 amide bonds. The smallest absolute Gasteiger partial charge is 0.410 e. The van der Waals surface area contributed by atoms with E-state index in [1.165, 1.54) is 7.05 Å². The molecule has 1 N–H and O–H groups in total. The van der Waals surface area contributed by atoms with Gasteiger partial charge in [0, 0.05) is 18.5 Å². The second-order valence-electron chi connectivity index (χ2n) is 5.40. The summed E-state index contributed by atoms with van der Waals surface area (Å²) in [6, 6.07) is -0.948. The fraction of sp³-hybridized carbons (Fsp3) is 0.833. The predicted molar refractivity (Wildman–Crippen MR) is 73.3 cm³/mol. The van der Waals surface area contributed by atoms with Crippen LogP contribution in [0.15, 0.2) is 5.11 Å². The minimum atomic E-state index is -1.08. The van der Waals surface area contributed by atoms with Gasteiger partial charge in [0.15, 0.2) is 0 Å². The van der Waals surface area contributed by atoms with E-state index in [0.29, 0.717) is 19.4 Å². The Labute approximate surface area is 118 Å². The van der Waals surface area contributed by atoms with Gasteiger partial charge in [-0.25, -0.2) is 9.59 Å². The summed E-state index contributed by atoms with van der Waals surface area (Å²) in [6.07, 6.45) is 0.741. The maximum Gasteiger partial charge on any atom is 0.410 e. The minimum Gasteiger partial charge on any atom is -0.480 e. The predicted octanol–water partition coefficient (Wildman–Crippen LogP) is 2.79. The van der Waals surface area contributed by atoms with Crippen LogP contribution in [0.1, 0.15) is 40.0 Å². The maximum atomic E-state index is 11.8. The Bertz CT molecular complexity index is 385. The lowest BCUT2D eigenvalue weighted by atomic mass is 10.1. The molecule has 0 spiro atoms. The first-order valence-corrected chi connectivity index (χ1v) is 6.38. The number of unbranched alkanes of at least 4 members (excludes halogenated alkanes) is 1. The first-order chi connectivity index (χ1) is 9.19. The van der Waals surface area contributed by atoms with Crippen LogP contribution in [0.5, 0.6) is 0 Å². The van der Waals surface area contributed by atoms with Crippen molar-refractivity contribution in [1.29, 1.82) is 0 Å². The molecule has 8 nitrogen and oxygen atoms in total. The largest absolute Gasteiger partial charge is 0.480 e. The van der Waals surface area contributed by atoms with Crippen molar-refractivity contribution in [3.8, 4) is 0 Å². The van der Waals surface area contributed by atoms with E-state index in [1.807, 2.05) is 0 Å². The quantitative estimate of drug-likeness (QED) is 0.335. The zero-order valence-electron chi connectivity index (χ0n) is 12.4. The molecule has 0 aromatic rings. The molecule has 0 heterocycles. The van der Waals surface area contributed by atoms with Crippen molar-refractivity contribution in [2.75, 3.05) is 13.6 Å². The second kappa shape index (κ2) is 8.27. The fourth-order valence-electron chi connectivity index (χ4n) is 1.51. The van der Waals surface area contributed by atoms with Gasteiger partial charge >= 0.3 is 12.1 Å². The molecule has 0 aliphatic heterocycles. The molecule has 20 heavy (non-hydrogen) atoms. The van der Waals surface area contributed by atoms with E-state index in [1.54, 1.807) is 20.8 Å². The van der Waals surface area contributed by atoms with E-state index < -0.39 is 23.7 Å². The molecule has 8 heteroatoms. The van der Waals surface area contributed by atoms with Gasteiger partial charge in [-0.05, 0) is 39.1 Å². The third kappa shape index (κ3) is 7.48. The molecule has 0 aliphatic carbocycles. The van der Waals surface area contributed by atoms with Gasteiger partial charge in [0.05, 0.1) is 0 Å². The number of carboxylic acid groups (broad SMARTS) is 1. The average molecular weight is 286 g/mol. The topological polar surface area (TPSA) is 116 Å². The SMILES string of the molecule is CN(C(=O)OC(C)(C)C)[C@@H](CCCCN=[N+]=[N-])C(=O)O. The molecule has 114 valence electrons. The average Bonchev–Trinajstić information content (AvgIpc) is 2.30. The highest BCUT2D eigenvalue weighted by Gasteiger charge is 2.29. The summed E-state index contributed by atoms with van der Waals surface area (Å²) in [5.41, 5.74) is 7.46. The number of ether oxygens (including phenoxy) is 1. The summed E-state index contributed by atoms with van der Waals surface area (Å²) < 4.78 is 5.13. The van der Waals surface area contributed by atoms with E-state index in [2.05, 4.69) is 10.0 Å². The van der Waals surface area contributed by atoms with Crippen LogP contribution in [0.2, 0.25) is 0 Å². The standard InChI is InChI=1S/C12H22N4O4/c1-12(2,3)20-11(19)16(4)9(10(17)18)7-5-6-8-14-15-13/h9H,5-8H2,1-4H3,(H,17,18)/t9-/m0/s1. The van der Waals surface area contributed by atoms with E-state index in [0.717, 1.165) is 4.90 Å². The minimum absolute atomic E-state index is 0.284. The molecule has 0 saturated carbocycles. The van der Waals surface area contributed by atoms with Crippen LogP contribution in [0.3, 0.4) is 0 Å². The van der Waals surface area contributed by atoms with E-state index in [4.69, 9.17) is 15.4 Å². The normalized spacial score (nSPS) is 12.2. The molecule has 0 saturated heterocycles. The van der Waals surface area contributed by atoms with Gasteiger partial charge in [-0.3, -0.25) is 4.90 Å². The number of likely N-dealkylation sites (N-methyl/N-ethyl adjacent to an activating group) is 1. The molecule has 0 unspecified atom stereocenters. The Morgan fingerprint density at radius 2 is 2.00 bits per heavy atom. The molecular weight excluding hydrogens is 264 g/mol. The number of carboxylic acids is 1. The number of amides is 1. The molecule has 0 bridgehead atoms. The van der Waals surface area contributed by atoms with Crippen molar-refractivity contribution < 1.29 is 19.4 Å². The zero-order valence-corrected chi connectivity index (χ0v) is 12.4. The molecule has 0 aromatic heterocycles. The monoisotopic (exact) mass is 286 g/mol. The van der Waals surface area contributed by atoms with E-state index >= 15 is 0 Å². The van der Waals surface area contributed by atoms with Crippen molar-refractivity contribution in [3.63, 3.8) is 0 Å². The molecule has 0 fully saturated rings. The van der Waals surface area contributed by atoms with Crippen LogP contribution in [0, 0.1) is 0 Å². The first kappa shape index (κ1) is 18.0. The van der Waals surface area contributed by atoms with Gasteiger partial charge in [-0.2, -0.15) is 0 Å². The number of hydrogen-bond acceptors (Lipinski definition) is 4. The number of hydrogen-bond donors (Lipinski definition) is 1. The number of rotatable bonds is 7. The van der Waals surface area contributed by atoms with Crippen molar-refractivity contribution in [1.82, 2.24) is 4.90 Å². The Kier molecular flexibility index (Phi) is 7.46. The number of carbonyl (C=O) groups excluding carboxylic acids is 1. The lowest BCUT2D eigenvalue weighted by molar-refractivity contribution is -0.143. The Balaban J connectivity index is 4.46. The number of azide groups is 1. The Morgan fingerprint density at radius 3 is 2.45 bits per heavy atom. The number of aliphatic carboxylic acids is 1. The van der Waals surface area contributed by atoms with Gasteiger partial charge < -0.3 is 9.84 Å². The molecule has 0 radical (unpaired) electrons. The summed E-state index contributed by atoms with van der Waals surface area (Å²) in [5.74, 6) is -1.08. The molecule has 0 aromatic carbocycles. The van der Waals surface area contributed by atoms with Crippen LogP contribution in [-0.2, 0) is 9.53 Å². The third-order valence-electron chi connectivity index (χ3n) is 2.48. The van der Waals surface area contributed by atoms with E-state index in [-0.39, 0.29) is 6.42 Å². The van der Waals surface area contributed by atoms with Gasteiger partial charge in [0.1, 0.15) is 11.6 Å². The van der Waals surface area contributed by atoms with Crippen molar-refractivity contribution in [2.24, 2.45) is 5.11 Å². The fourth-order valence-corrected chi connectivity index (χ4v) is 1.51. The highest BCUT2D eigenvalue weighted by atomic mass is 16.6. The summed E-state index contributed by atoms with van der Waals surface area (Å²) in [6.45, 7) is 5.47. The van der Waals surface area contributed by atoms with Crippen LogP contribution >= 0.6 is 0 Å². The Morgan fingerprint density at radius 1 is 1.40 bits per heavy atom. The molecular formula is C12H22N4O4. The summed E-state index contributed by atoms with van der Waals surface area (Å²) in [4.78, 5) is 26.7. The summed E-state index contributed by atoms with van der Waals surface area (Å²) >= 11 is 0. The van der Waals surface area contributed by atoms with Crippen LogP contribution in [0.25, 0.3) is 10.4 Å². The lowest BCUT2D eigenvalue weighted by Gasteiger charge is -2.28. The summed E-state index contributed by atoms with van der Waals surface area (Å²) in [7, 11) is 1.40.